The minimum Gasteiger partial charge on any atom is -0.460 e. The monoisotopic (exact) mass is 365 g/mol. The summed E-state index contributed by atoms with van der Waals surface area (Å²) in [6.45, 7) is 15.9. The summed E-state index contributed by atoms with van der Waals surface area (Å²) in [4.78, 5) is 24.7. The molecule has 0 saturated heterocycles. The highest BCUT2D eigenvalue weighted by atomic mass is 16.6. The highest BCUT2D eigenvalue weighted by Gasteiger charge is 2.57. The van der Waals surface area contributed by atoms with E-state index in [9.17, 15) is 9.59 Å². The van der Waals surface area contributed by atoms with Gasteiger partial charge < -0.3 is 14.8 Å². The van der Waals surface area contributed by atoms with Crippen LogP contribution in [0.4, 0.5) is 4.79 Å². The summed E-state index contributed by atoms with van der Waals surface area (Å²) < 4.78 is 10.9. The van der Waals surface area contributed by atoms with Crippen molar-refractivity contribution < 1.29 is 19.1 Å². The third-order valence-electron chi connectivity index (χ3n) is 5.41. The van der Waals surface area contributed by atoms with Gasteiger partial charge in [0.15, 0.2) is 0 Å². The first-order valence-electron chi connectivity index (χ1n) is 9.57. The molecule has 148 valence electrons. The van der Waals surface area contributed by atoms with Gasteiger partial charge in [-0.15, -0.1) is 0 Å². The average Bonchev–Trinajstić information content (AvgIpc) is 2.61. The van der Waals surface area contributed by atoms with Crippen molar-refractivity contribution in [3.8, 4) is 0 Å². The molecule has 5 nitrogen and oxygen atoms in total. The van der Waals surface area contributed by atoms with Crippen LogP contribution < -0.4 is 5.32 Å². The molecule has 1 N–H and O–H groups in total. The molecule has 1 amide bonds. The Bertz CT molecular complexity index is 608. The SMILES string of the molecule is CC1=C(C)[C@@H]2[C@H](C1)C[C@]2(CNC(=O)OC(C)(C)C)CC(=O)OC(C)(C)C. The van der Waals surface area contributed by atoms with Crippen LogP contribution in [-0.2, 0) is 14.3 Å². The number of amides is 1. The maximum Gasteiger partial charge on any atom is 0.407 e. The van der Waals surface area contributed by atoms with Crippen LogP contribution in [0.25, 0.3) is 0 Å². The molecule has 0 radical (unpaired) electrons. The fourth-order valence-corrected chi connectivity index (χ4v) is 4.58. The second-order valence-electron chi connectivity index (χ2n) is 10.1. The summed E-state index contributed by atoms with van der Waals surface area (Å²) in [6.07, 6.45) is 1.92. The smallest absolute Gasteiger partial charge is 0.407 e. The molecule has 0 unspecified atom stereocenters. The van der Waals surface area contributed by atoms with Crippen LogP contribution >= 0.6 is 0 Å². The standard InChI is InChI=1S/C21H35NO4/c1-13-9-15-10-21(17(15)14(13)2,11-16(23)25-19(3,4)5)12-22-18(24)26-20(6,7)8/h15,17H,9-12H2,1-8H3,(H,22,24)/t15-,17-,21-/m1/s1. The molecule has 0 aromatic heterocycles. The van der Waals surface area contributed by atoms with E-state index < -0.39 is 17.3 Å². The van der Waals surface area contributed by atoms with Gasteiger partial charge in [-0.3, -0.25) is 4.79 Å². The van der Waals surface area contributed by atoms with Gasteiger partial charge in [0.2, 0.25) is 0 Å². The fourth-order valence-electron chi connectivity index (χ4n) is 4.58. The van der Waals surface area contributed by atoms with Crippen LogP contribution in [-0.4, -0.2) is 29.8 Å². The van der Waals surface area contributed by atoms with E-state index in [1.54, 1.807) is 0 Å². The molecule has 1 fully saturated rings. The summed E-state index contributed by atoms with van der Waals surface area (Å²) in [6, 6.07) is 0. The molecular weight excluding hydrogens is 330 g/mol. The van der Waals surface area contributed by atoms with Gasteiger partial charge in [-0.1, -0.05) is 11.1 Å². The quantitative estimate of drug-likeness (QED) is 0.584. The minimum atomic E-state index is -0.537. The molecule has 0 bridgehead atoms. The Morgan fingerprint density at radius 3 is 2.15 bits per heavy atom. The number of hydrogen-bond acceptors (Lipinski definition) is 4. The van der Waals surface area contributed by atoms with Crippen LogP contribution in [0, 0.1) is 17.3 Å². The van der Waals surface area contributed by atoms with E-state index >= 15 is 0 Å². The maximum absolute atomic E-state index is 12.5. The minimum absolute atomic E-state index is 0.195. The number of ether oxygens (including phenoxy) is 2. The first-order chi connectivity index (χ1) is 11.7. The Kier molecular flexibility index (Phi) is 5.51. The van der Waals surface area contributed by atoms with Crippen LogP contribution in [0.2, 0.25) is 0 Å². The van der Waals surface area contributed by atoms with Gasteiger partial charge in [0.1, 0.15) is 11.2 Å². The van der Waals surface area contributed by atoms with Gasteiger partial charge in [0, 0.05) is 12.0 Å². The van der Waals surface area contributed by atoms with E-state index in [4.69, 9.17) is 9.47 Å². The van der Waals surface area contributed by atoms with Crippen LogP contribution in [0.3, 0.4) is 0 Å². The molecule has 0 aromatic carbocycles. The Morgan fingerprint density at radius 2 is 1.65 bits per heavy atom. The number of esters is 1. The van der Waals surface area contributed by atoms with E-state index in [-0.39, 0.29) is 11.4 Å². The summed E-state index contributed by atoms with van der Waals surface area (Å²) in [5, 5.41) is 2.91. The highest BCUT2D eigenvalue weighted by Crippen LogP contribution is 2.62. The van der Waals surface area contributed by atoms with Gasteiger partial charge in [-0.05, 0) is 80.1 Å². The summed E-state index contributed by atoms with van der Waals surface area (Å²) in [7, 11) is 0. The maximum atomic E-state index is 12.5. The second kappa shape index (κ2) is 6.90. The molecular formula is C21H35NO4. The molecule has 0 aromatic rings. The molecule has 2 aliphatic rings. The van der Waals surface area contributed by atoms with E-state index in [0.717, 1.165) is 12.8 Å². The van der Waals surface area contributed by atoms with Crippen molar-refractivity contribution in [1.29, 1.82) is 0 Å². The molecule has 1 saturated carbocycles. The van der Waals surface area contributed by atoms with Crippen LogP contribution in [0.5, 0.6) is 0 Å². The second-order valence-corrected chi connectivity index (χ2v) is 10.1. The molecule has 5 heteroatoms. The molecule has 0 aliphatic heterocycles. The van der Waals surface area contributed by atoms with E-state index in [1.807, 2.05) is 41.5 Å². The third-order valence-corrected chi connectivity index (χ3v) is 5.41. The molecule has 0 spiro atoms. The molecule has 2 rings (SSSR count). The first kappa shape index (κ1) is 20.8. The Labute approximate surface area is 157 Å². The van der Waals surface area contributed by atoms with Crippen molar-refractivity contribution in [2.45, 2.75) is 85.9 Å². The molecule has 3 atom stereocenters. The van der Waals surface area contributed by atoms with E-state index in [0.29, 0.717) is 24.8 Å². The van der Waals surface area contributed by atoms with Crippen molar-refractivity contribution in [3.05, 3.63) is 11.1 Å². The van der Waals surface area contributed by atoms with Crippen LogP contribution in [0.15, 0.2) is 11.1 Å². The lowest BCUT2D eigenvalue weighted by molar-refractivity contribution is -0.162. The normalized spacial score (nSPS) is 28.3. The van der Waals surface area contributed by atoms with Gasteiger partial charge in [-0.25, -0.2) is 4.79 Å². The largest absolute Gasteiger partial charge is 0.460 e. The molecule has 2 aliphatic carbocycles. The fraction of sp³-hybridized carbons (Fsp3) is 0.810. The van der Waals surface area contributed by atoms with Crippen molar-refractivity contribution >= 4 is 12.1 Å². The first-order valence-corrected chi connectivity index (χ1v) is 9.57. The van der Waals surface area contributed by atoms with Gasteiger partial charge >= 0.3 is 12.1 Å². The lowest BCUT2D eigenvalue weighted by Gasteiger charge is -2.53. The summed E-state index contributed by atoms with van der Waals surface area (Å²) in [5.74, 6) is 0.724. The number of rotatable bonds is 4. The van der Waals surface area contributed by atoms with Crippen molar-refractivity contribution in [1.82, 2.24) is 5.32 Å². The zero-order valence-corrected chi connectivity index (χ0v) is 17.6. The van der Waals surface area contributed by atoms with Crippen molar-refractivity contribution in [2.75, 3.05) is 6.54 Å². The lowest BCUT2D eigenvalue weighted by atomic mass is 9.52. The zero-order chi connectivity index (χ0) is 19.9. The predicted octanol–water partition coefficient (Wildman–Crippen LogP) is 4.61. The van der Waals surface area contributed by atoms with Crippen molar-refractivity contribution in [3.63, 3.8) is 0 Å². The van der Waals surface area contributed by atoms with Crippen molar-refractivity contribution in [2.24, 2.45) is 17.3 Å². The number of allylic oxidation sites excluding steroid dienone is 2. The Balaban J connectivity index is 2.11. The number of alkyl carbamates (subject to hydrolysis) is 1. The number of carbonyl (C=O) groups is 2. The highest BCUT2D eigenvalue weighted by molar-refractivity contribution is 5.72. The van der Waals surface area contributed by atoms with Gasteiger partial charge in [0.05, 0.1) is 6.42 Å². The average molecular weight is 366 g/mol. The van der Waals surface area contributed by atoms with Gasteiger partial charge in [-0.2, -0.15) is 0 Å². The Hall–Kier alpha value is -1.52. The van der Waals surface area contributed by atoms with Gasteiger partial charge in [0.25, 0.3) is 0 Å². The lowest BCUT2D eigenvalue weighted by Crippen LogP contribution is -2.55. The van der Waals surface area contributed by atoms with Crippen LogP contribution in [0.1, 0.15) is 74.7 Å². The molecule has 26 heavy (non-hydrogen) atoms. The summed E-state index contributed by atoms with van der Waals surface area (Å²) >= 11 is 0. The topological polar surface area (TPSA) is 64.6 Å². The van der Waals surface area contributed by atoms with E-state index in [1.165, 1.54) is 11.1 Å². The third kappa shape index (κ3) is 4.80. The molecule has 0 heterocycles. The zero-order valence-electron chi connectivity index (χ0n) is 17.6. The number of nitrogens with one attached hydrogen (secondary N) is 1. The number of hydrogen-bond donors (Lipinski definition) is 1. The van der Waals surface area contributed by atoms with E-state index in [2.05, 4.69) is 19.2 Å². The predicted molar refractivity (Wildman–Crippen MR) is 102 cm³/mol. The number of fused-ring (bicyclic) bond motifs is 1. The summed E-state index contributed by atoms with van der Waals surface area (Å²) in [5.41, 5.74) is 1.48. The number of carbonyl (C=O) groups excluding carboxylic acids is 2. The Morgan fingerprint density at radius 1 is 1.08 bits per heavy atom.